The number of hydrogen-bond donors (Lipinski definition) is 1. The molecule has 0 saturated heterocycles. The van der Waals surface area contributed by atoms with Gasteiger partial charge in [0.2, 0.25) is 0 Å². The number of sulfonamides is 1. The summed E-state index contributed by atoms with van der Waals surface area (Å²) in [6.07, 6.45) is 0.899. The molecule has 0 aliphatic rings. The number of nitriles is 1. The van der Waals surface area contributed by atoms with E-state index in [0.717, 1.165) is 23.4 Å². The lowest BCUT2D eigenvalue weighted by molar-refractivity contribution is 0.470. The van der Waals surface area contributed by atoms with Crippen LogP contribution < -0.4 is 9.46 Å². The van der Waals surface area contributed by atoms with Gasteiger partial charge in [0.25, 0.3) is 10.0 Å². The van der Waals surface area contributed by atoms with Gasteiger partial charge in [0.05, 0.1) is 16.7 Å². The number of nitrogens with one attached hydrogen (secondary N) is 1. The third-order valence-corrected chi connectivity index (χ3v) is 6.24. The Bertz CT molecular complexity index is 1270. The Balaban J connectivity index is 1.95. The highest BCUT2D eigenvalue weighted by atomic mass is 35.5. The lowest BCUT2D eigenvalue weighted by Gasteiger charge is -2.17. The van der Waals surface area contributed by atoms with Gasteiger partial charge in [-0.25, -0.2) is 17.8 Å². The molecule has 0 unspecified atom stereocenters. The van der Waals surface area contributed by atoms with Crippen molar-refractivity contribution in [2.45, 2.75) is 31.6 Å². The third-order valence-electron chi connectivity index (χ3n) is 4.48. The van der Waals surface area contributed by atoms with Gasteiger partial charge in [0.1, 0.15) is 29.2 Å². The van der Waals surface area contributed by atoms with Gasteiger partial charge in [-0.2, -0.15) is 5.26 Å². The molecule has 1 N–H and O–H groups in total. The maximum atomic E-state index is 13.0. The molecule has 0 atom stereocenters. The SMILES string of the molecule is Cc1cc(Oc2ccc(S(=O)(=O)Nc3ccc(F)cn3)cc2C#N)c(C(C)C)cc1Cl. The molecule has 31 heavy (non-hydrogen) atoms. The summed E-state index contributed by atoms with van der Waals surface area (Å²) < 4.78 is 46.5. The number of hydrogen-bond acceptors (Lipinski definition) is 5. The van der Waals surface area contributed by atoms with Gasteiger partial charge in [-0.05, 0) is 66.4 Å². The Morgan fingerprint density at radius 1 is 1.16 bits per heavy atom. The fourth-order valence-corrected chi connectivity index (χ4v) is 4.02. The minimum atomic E-state index is -4.04. The van der Waals surface area contributed by atoms with Crippen LogP contribution >= 0.6 is 11.6 Å². The predicted molar refractivity (Wildman–Crippen MR) is 117 cm³/mol. The summed E-state index contributed by atoms with van der Waals surface area (Å²) in [5.41, 5.74) is 1.72. The van der Waals surface area contributed by atoms with Crippen molar-refractivity contribution in [3.05, 3.63) is 76.2 Å². The molecule has 2 aromatic carbocycles. The van der Waals surface area contributed by atoms with E-state index in [9.17, 15) is 18.1 Å². The second-order valence-corrected chi connectivity index (χ2v) is 9.22. The average Bonchev–Trinajstić information content (AvgIpc) is 2.72. The van der Waals surface area contributed by atoms with Gasteiger partial charge in [0.15, 0.2) is 0 Å². The Kier molecular flexibility index (Phi) is 6.48. The molecule has 3 aromatic rings. The second kappa shape index (κ2) is 8.92. The summed E-state index contributed by atoms with van der Waals surface area (Å²) in [6, 6.07) is 11.8. The second-order valence-electron chi connectivity index (χ2n) is 7.13. The molecule has 1 aromatic heterocycles. The van der Waals surface area contributed by atoms with E-state index in [4.69, 9.17) is 16.3 Å². The summed E-state index contributed by atoms with van der Waals surface area (Å²) in [5, 5.41) is 10.2. The average molecular weight is 460 g/mol. The van der Waals surface area contributed by atoms with Gasteiger partial charge >= 0.3 is 0 Å². The summed E-state index contributed by atoms with van der Waals surface area (Å²) in [4.78, 5) is 3.53. The standard InChI is InChI=1S/C22H19ClFN3O3S/c1-13(2)18-10-19(23)14(3)8-21(18)30-20-6-5-17(9-15(20)11-25)31(28,29)27-22-7-4-16(24)12-26-22/h4-10,12-13H,1-3H3,(H,26,27). The van der Waals surface area contributed by atoms with Crippen LogP contribution in [0.4, 0.5) is 10.2 Å². The first-order valence-electron chi connectivity index (χ1n) is 9.27. The third kappa shape index (κ3) is 5.13. The number of pyridine rings is 1. The fourth-order valence-electron chi connectivity index (χ4n) is 2.81. The Labute approximate surface area is 185 Å². The Morgan fingerprint density at radius 2 is 1.90 bits per heavy atom. The van der Waals surface area contributed by atoms with Crippen LogP contribution in [0.2, 0.25) is 5.02 Å². The molecule has 9 heteroatoms. The number of anilines is 1. The number of aryl methyl sites for hydroxylation is 1. The van der Waals surface area contributed by atoms with Crippen molar-refractivity contribution in [3.8, 4) is 17.6 Å². The van der Waals surface area contributed by atoms with E-state index in [1.165, 1.54) is 24.3 Å². The topological polar surface area (TPSA) is 92.1 Å². The smallest absolute Gasteiger partial charge is 0.263 e. The van der Waals surface area contributed by atoms with Crippen LogP contribution in [0.25, 0.3) is 0 Å². The molecule has 3 rings (SSSR count). The number of aromatic nitrogens is 1. The van der Waals surface area contributed by atoms with Crippen LogP contribution in [0.3, 0.4) is 0 Å². The molecule has 6 nitrogen and oxygen atoms in total. The summed E-state index contributed by atoms with van der Waals surface area (Å²) in [6.45, 7) is 5.82. The Morgan fingerprint density at radius 3 is 2.52 bits per heavy atom. The number of halogens is 2. The van der Waals surface area contributed by atoms with E-state index in [2.05, 4.69) is 9.71 Å². The summed E-state index contributed by atoms with van der Waals surface area (Å²) >= 11 is 6.23. The highest BCUT2D eigenvalue weighted by Gasteiger charge is 2.19. The maximum absolute atomic E-state index is 13.0. The van der Waals surface area contributed by atoms with Crippen molar-refractivity contribution in [1.82, 2.24) is 4.98 Å². The normalized spacial score (nSPS) is 11.3. The minimum Gasteiger partial charge on any atom is -0.456 e. The highest BCUT2D eigenvalue weighted by molar-refractivity contribution is 7.92. The van der Waals surface area contributed by atoms with Crippen molar-refractivity contribution in [1.29, 1.82) is 5.26 Å². The van der Waals surface area contributed by atoms with Crippen LogP contribution in [0, 0.1) is 24.1 Å². The van der Waals surface area contributed by atoms with Crippen LogP contribution in [-0.4, -0.2) is 13.4 Å². The van der Waals surface area contributed by atoms with Crippen molar-refractivity contribution in [3.63, 3.8) is 0 Å². The van der Waals surface area contributed by atoms with Crippen molar-refractivity contribution < 1.29 is 17.5 Å². The van der Waals surface area contributed by atoms with E-state index < -0.39 is 15.8 Å². The van der Waals surface area contributed by atoms with Crippen LogP contribution in [0.15, 0.2) is 53.6 Å². The number of rotatable bonds is 6. The summed E-state index contributed by atoms with van der Waals surface area (Å²) in [5.74, 6) is 0.237. The molecule has 0 radical (unpaired) electrons. The van der Waals surface area contributed by atoms with Crippen LogP contribution in [0.1, 0.15) is 36.5 Å². The van der Waals surface area contributed by atoms with Gasteiger partial charge in [-0.15, -0.1) is 0 Å². The zero-order valence-corrected chi connectivity index (χ0v) is 18.6. The fraction of sp³-hybridized carbons (Fsp3) is 0.182. The van der Waals surface area contributed by atoms with Crippen molar-refractivity contribution >= 4 is 27.4 Å². The molecule has 1 heterocycles. The summed E-state index contributed by atoms with van der Waals surface area (Å²) in [7, 11) is -4.04. The minimum absolute atomic E-state index is 0.0391. The molecular weight excluding hydrogens is 441 g/mol. The zero-order chi connectivity index (χ0) is 22.8. The zero-order valence-electron chi connectivity index (χ0n) is 17.0. The van der Waals surface area contributed by atoms with E-state index in [-0.39, 0.29) is 27.9 Å². The first-order valence-corrected chi connectivity index (χ1v) is 11.1. The lowest BCUT2D eigenvalue weighted by atomic mass is 10.0. The number of nitrogens with zero attached hydrogens (tertiary/aromatic N) is 2. The van der Waals surface area contributed by atoms with E-state index in [1.807, 2.05) is 32.9 Å². The number of ether oxygens (including phenoxy) is 1. The molecule has 0 amide bonds. The molecule has 0 saturated carbocycles. The first-order chi connectivity index (χ1) is 14.6. The maximum Gasteiger partial charge on any atom is 0.263 e. The largest absolute Gasteiger partial charge is 0.456 e. The predicted octanol–water partition coefficient (Wildman–Crippen LogP) is 5.77. The van der Waals surface area contributed by atoms with Crippen LogP contribution in [-0.2, 0) is 10.0 Å². The van der Waals surface area contributed by atoms with E-state index >= 15 is 0 Å². The molecule has 0 aliphatic heterocycles. The van der Waals surface area contributed by atoms with Gasteiger partial charge < -0.3 is 4.74 Å². The number of benzene rings is 2. The van der Waals surface area contributed by atoms with Gasteiger partial charge in [-0.3, -0.25) is 4.72 Å². The molecule has 0 bridgehead atoms. The highest BCUT2D eigenvalue weighted by Crippen LogP contribution is 2.36. The van der Waals surface area contributed by atoms with Gasteiger partial charge in [0, 0.05) is 5.02 Å². The van der Waals surface area contributed by atoms with E-state index in [0.29, 0.717) is 10.8 Å². The molecule has 0 spiro atoms. The Hall–Kier alpha value is -3.15. The molecule has 160 valence electrons. The van der Waals surface area contributed by atoms with Crippen LogP contribution in [0.5, 0.6) is 11.5 Å². The van der Waals surface area contributed by atoms with Crippen molar-refractivity contribution in [2.75, 3.05) is 4.72 Å². The monoisotopic (exact) mass is 459 g/mol. The van der Waals surface area contributed by atoms with E-state index in [1.54, 1.807) is 6.07 Å². The van der Waals surface area contributed by atoms with Crippen molar-refractivity contribution in [2.24, 2.45) is 0 Å². The molecule has 0 aliphatic carbocycles. The molecule has 0 fully saturated rings. The lowest BCUT2D eigenvalue weighted by Crippen LogP contribution is -2.14. The molecular formula is C22H19ClFN3O3S. The quantitative estimate of drug-likeness (QED) is 0.505. The van der Waals surface area contributed by atoms with Gasteiger partial charge in [-0.1, -0.05) is 25.4 Å². The first kappa shape index (κ1) is 22.5.